The first-order chi connectivity index (χ1) is 42.0. The summed E-state index contributed by atoms with van der Waals surface area (Å²) in [6.45, 7) is 2.05. The minimum absolute atomic E-state index is 0. The molecule has 10 aromatic rings. The summed E-state index contributed by atoms with van der Waals surface area (Å²) in [5, 5.41) is 19.0. The fraction of sp³-hybridized carbons (Fsp3) is 0.203. The van der Waals surface area contributed by atoms with E-state index in [9.17, 15) is 51.8 Å². The number of hydrogen-bond acceptors (Lipinski definition) is 13. The highest BCUT2D eigenvalue weighted by Crippen LogP contribution is 2.36. The Morgan fingerprint density at radius 2 is 0.899 bits per heavy atom. The number of hydrogen-bond donors (Lipinski definition) is 3. The zero-order chi connectivity index (χ0) is 61.1. The molecule has 12 rings (SSSR count). The molecular weight excluding hydrogens is 1150 g/mol. The van der Waals surface area contributed by atoms with Gasteiger partial charge in [0.1, 0.15) is 11.5 Å². The Kier molecular flexibility index (Phi) is 18.3. The van der Waals surface area contributed by atoms with Crippen LogP contribution in [0.4, 0.5) is 13.2 Å². The molecule has 0 bridgehead atoms. The van der Waals surface area contributed by atoms with Crippen molar-refractivity contribution in [1.29, 1.82) is 0 Å². The number of carboxylic acid groups (broad SMARTS) is 1. The molecule has 2 fully saturated rings. The van der Waals surface area contributed by atoms with E-state index < -0.39 is 41.1 Å². The van der Waals surface area contributed by atoms with Crippen LogP contribution in [0.2, 0.25) is 0 Å². The number of H-pyrrole nitrogens is 2. The Balaban J connectivity index is 0.000000207. The van der Waals surface area contributed by atoms with Crippen molar-refractivity contribution in [2.75, 3.05) is 66.6 Å². The van der Waals surface area contributed by atoms with Crippen LogP contribution in [0.15, 0.2) is 159 Å². The van der Waals surface area contributed by atoms with Crippen molar-refractivity contribution >= 4 is 63.0 Å². The number of rotatable bonds is 13. The second kappa shape index (κ2) is 26.2. The number of carboxylic acids is 1. The SMILES string of the molecule is C.C.COc1cnc(-n2ccc(-c3cccc(C(=O)O)c3)n2)c2[nH]cc(C(=O)C(=O)N3CCN(C(=O)c4ccccc4)CC3)c12.COc1cnc(-n2ccc(-c3cccc(C(F)(F)F)c3)n2)c2[nH]cc(C(=O)C(=O)N3CCN(C(=O)c4ccccc4)CC3)c12. The molecule has 2 aliphatic rings. The largest absolute Gasteiger partial charge is 0.494 e. The number of aromatic nitrogens is 8. The lowest BCUT2D eigenvalue weighted by molar-refractivity contribution is -0.137. The van der Waals surface area contributed by atoms with Crippen LogP contribution in [0.5, 0.6) is 11.5 Å². The molecule has 89 heavy (non-hydrogen) atoms. The summed E-state index contributed by atoms with van der Waals surface area (Å²) in [6.07, 6.45) is 4.38. The molecular formula is C64H59F3N12O10. The van der Waals surface area contributed by atoms with Crippen molar-refractivity contribution in [2.24, 2.45) is 0 Å². The van der Waals surface area contributed by atoms with Gasteiger partial charge in [0.15, 0.2) is 11.6 Å². The van der Waals surface area contributed by atoms with Gasteiger partial charge in [-0.25, -0.2) is 24.1 Å². The predicted octanol–water partition coefficient (Wildman–Crippen LogP) is 9.17. The lowest BCUT2D eigenvalue weighted by Crippen LogP contribution is -2.52. The summed E-state index contributed by atoms with van der Waals surface area (Å²) in [7, 11) is 2.85. The number of ether oxygens (including phenoxy) is 2. The second-order valence-corrected chi connectivity index (χ2v) is 20.0. The van der Waals surface area contributed by atoms with Crippen LogP contribution in [-0.4, -0.2) is 172 Å². The molecule has 3 N–H and O–H groups in total. The van der Waals surface area contributed by atoms with Crippen molar-refractivity contribution in [1.82, 2.24) is 59.1 Å². The molecule has 0 spiro atoms. The van der Waals surface area contributed by atoms with Crippen LogP contribution in [0.25, 0.3) is 56.0 Å². The molecule has 456 valence electrons. The zero-order valence-electron chi connectivity index (χ0n) is 46.4. The number of nitrogens with one attached hydrogen (secondary N) is 2. The third kappa shape index (κ3) is 12.6. The molecule has 25 heteroatoms. The van der Waals surface area contributed by atoms with Crippen LogP contribution in [0.1, 0.15) is 72.2 Å². The average molecular weight is 1210 g/mol. The van der Waals surface area contributed by atoms with E-state index >= 15 is 0 Å². The smallest absolute Gasteiger partial charge is 0.416 e. The molecule has 4 aromatic carbocycles. The molecule has 4 amide bonds. The van der Waals surface area contributed by atoms with Crippen molar-refractivity contribution in [2.45, 2.75) is 21.0 Å². The number of halogens is 3. The van der Waals surface area contributed by atoms with Crippen molar-refractivity contribution in [3.05, 3.63) is 192 Å². The topological polar surface area (TPSA) is 264 Å². The number of fused-ring (bicyclic) bond motifs is 2. The summed E-state index contributed by atoms with van der Waals surface area (Å²) < 4.78 is 53.5. The lowest BCUT2D eigenvalue weighted by Gasteiger charge is -2.34. The Morgan fingerprint density at radius 3 is 1.30 bits per heavy atom. The fourth-order valence-electron chi connectivity index (χ4n) is 10.4. The summed E-state index contributed by atoms with van der Waals surface area (Å²) >= 11 is 0. The number of nitrogens with zero attached hydrogens (tertiary/aromatic N) is 10. The molecule has 0 radical (unpaired) electrons. The first kappa shape index (κ1) is 62.3. The zero-order valence-corrected chi connectivity index (χ0v) is 46.4. The van der Waals surface area contributed by atoms with E-state index in [1.165, 1.54) is 88.6 Å². The van der Waals surface area contributed by atoms with Crippen LogP contribution in [0, 0.1) is 0 Å². The minimum Gasteiger partial charge on any atom is -0.494 e. The Hall–Kier alpha value is -11.2. The lowest BCUT2D eigenvalue weighted by atomic mass is 10.1. The highest BCUT2D eigenvalue weighted by Gasteiger charge is 2.35. The number of carbonyl (C=O) groups is 7. The van der Waals surface area contributed by atoms with Gasteiger partial charge in [-0.15, -0.1) is 0 Å². The molecule has 0 saturated carbocycles. The van der Waals surface area contributed by atoms with E-state index in [1.54, 1.807) is 88.8 Å². The second-order valence-electron chi connectivity index (χ2n) is 20.0. The number of Topliss-reactive ketones (excluding diaryl/α,β-unsaturated/α-hetero) is 2. The Labute approximate surface area is 506 Å². The van der Waals surface area contributed by atoms with Crippen LogP contribution in [0.3, 0.4) is 0 Å². The summed E-state index contributed by atoms with van der Waals surface area (Å²) in [6, 6.07) is 32.3. The van der Waals surface area contributed by atoms with E-state index in [4.69, 9.17) is 9.47 Å². The van der Waals surface area contributed by atoms with Crippen molar-refractivity contribution < 1.29 is 61.3 Å². The van der Waals surface area contributed by atoms with E-state index in [0.29, 0.717) is 68.8 Å². The maximum Gasteiger partial charge on any atom is 0.416 e. The predicted molar refractivity (Wildman–Crippen MR) is 322 cm³/mol. The van der Waals surface area contributed by atoms with Gasteiger partial charge in [0.05, 0.1) is 82.1 Å². The highest BCUT2D eigenvalue weighted by molar-refractivity contribution is 6.46. The van der Waals surface area contributed by atoms with Crippen LogP contribution in [-0.2, 0) is 15.8 Å². The van der Waals surface area contributed by atoms with Gasteiger partial charge < -0.3 is 44.1 Å². The Morgan fingerprint density at radius 1 is 0.506 bits per heavy atom. The molecule has 22 nitrogen and oxygen atoms in total. The summed E-state index contributed by atoms with van der Waals surface area (Å²) in [5.74, 6) is -3.01. The van der Waals surface area contributed by atoms with E-state index in [-0.39, 0.29) is 105 Å². The normalized spacial score (nSPS) is 13.2. The van der Waals surface area contributed by atoms with Gasteiger partial charge in [0.2, 0.25) is 0 Å². The summed E-state index contributed by atoms with van der Waals surface area (Å²) in [5.41, 5.74) is 3.13. The van der Waals surface area contributed by atoms with Crippen LogP contribution < -0.4 is 9.47 Å². The maximum atomic E-state index is 13.5. The molecule has 0 unspecified atom stereocenters. The van der Waals surface area contributed by atoms with Gasteiger partial charge in [-0.3, -0.25) is 28.8 Å². The maximum absolute atomic E-state index is 13.5. The molecule has 0 atom stereocenters. The molecule has 2 aliphatic heterocycles. The van der Waals surface area contributed by atoms with Gasteiger partial charge in [-0.05, 0) is 60.7 Å². The van der Waals surface area contributed by atoms with E-state index in [0.717, 1.165) is 12.1 Å². The first-order valence-electron chi connectivity index (χ1n) is 27.1. The monoisotopic (exact) mass is 1210 g/mol. The number of aromatic amines is 2. The number of alkyl halides is 3. The number of amides is 4. The fourth-order valence-corrected chi connectivity index (χ4v) is 10.4. The van der Waals surface area contributed by atoms with Crippen molar-refractivity contribution in [3.63, 3.8) is 0 Å². The third-order valence-electron chi connectivity index (χ3n) is 14.9. The van der Waals surface area contributed by atoms with Gasteiger partial charge in [-0.1, -0.05) is 75.5 Å². The number of methoxy groups -OCH3 is 2. The first-order valence-corrected chi connectivity index (χ1v) is 27.1. The van der Waals surface area contributed by atoms with Gasteiger partial charge >= 0.3 is 12.1 Å². The summed E-state index contributed by atoms with van der Waals surface area (Å²) in [4.78, 5) is 112. The average Bonchev–Trinajstić information content (AvgIpc) is 2.09. The highest BCUT2D eigenvalue weighted by atomic mass is 19.4. The van der Waals surface area contributed by atoms with Crippen LogP contribution >= 0.6 is 0 Å². The molecule has 6 aromatic heterocycles. The number of benzene rings is 4. The van der Waals surface area contributed by atoms with Gasteiger partial charge in [-0.2, -0.15) is 23.4 Å². The molecule has 0 aliphatic carbocycles. The molecule has 8 heterocycles. The van der Waals surface area contributed by atoms with Gasteiger partial charge in [0.25, 0.3) is 35.2 Å². The number of aromatic carboxylic acids is 1. The van der Waals surface area contributed by atoms with Crippen molar-refractivity contribution in [3.8, 4) is 45.6 Å². The number of carbonyl (C=O) groups excluding carboxylic acids is 6. The third-order valence-corrected chi connectivity index (χ3v) is 14.9. The van der Waals surface area contributed by atoms with E-state index in [1.807, 2.05) is 12.1 Å². The standard InChI is InChI=1S/C31H25F3N6O4.C31H26N6O6.2CH4/c1-44-24-18-36-28(40-11-10-23(37-40)20-8-5-9-21(16-20)31(32,33)34)26-25(24)22(17-35-26)27(41)30(43)39-14-12-38(13-15-39)29(42)19-6-3-2-4-7-19;1-43-24-18-33-28(37-11-10-23(34-37)20-8-5-9-21(16-20)31(41)42)26-25(24)22(17-32-26)27(38)30(40)36-14-12-35(13-15-36)29(39)19-6-3-2-4-7-19;;/h2-11,16-18,35H,12-15H2,1H3;2-11,16-18,32H,12-15H2,1H3,(H,41,42);2*1H4. The minimum atomic E-state index is -4.50. The number of ketones is 2. The quantitative estimate of drug-likeness (QED) is 0.0718. The number of pyridine rings is 2. The molecule has 2 saturated heterocycles. The van der Waals surface area contributed by atoms with E-state index in [2.05, 4.69) is 30.1 Å². The van der Waals surface area contributed by atoms with Gasteiger partial charge in [0, 0.05) is 99.4 Å². The Bertz CT molecular complexity index is 4300. The number of piperazine rings is 2.